The highest BCUT2D eigenvalue weighted by Crippen LogP contribution is 2.32. The fourth-order valence-corrected chi connectivity index (χ4v) is 1.98. The molecule has 0 atom stereocenters. The maximum atomic E-state index is 12.1. The molecule has 110 valence electrons. The fraction of sp³-hybridized carbons (Fsp3) is 0.125. The number of carbonyl (C=O) groups is 1. The number of amides is 1. The molecule has 0 spiro atoms. The molecule has 0 aliphatic carbocycles. The van der Waals surface area contributed by atoms with Crippen LogP contribution in [0.15, 0.2) is 46.6 Å². The maximum Gasteiger partial charge on any atom is 0.266 e. The molecular formula is C16H12N2O4. The van der Waals surface area contributed by atoms with Crippen LogP contribution >= 0.6 is 0 Å². The molecule has 0 bridgehead atoms. The highest BCUT2D eigenvalue weighted by molar-refractivity contribution is 6.09. The minimum Gasteiger partial charge on any atom is -0.486 e. The molecule has 0 saturated carbocycles. The topological polar surface area (TPSA) is 84.5 Å². The van der Waals surface area contributed by atoms with E-state index in [4.69, 9.17) is 19.2 Å². The molecule has 1 aromatic carbocycles. The van der Waals surface area contributed by atoms with Gasteiger partial charge in [-0.05, 0) is 24.3 Å². The van der Waals surface area contributed by atoms with Gasteiger partial charge >= 0.3 is 0 Å². The Bertz CT molecular complexity index is 757. The Morgan fingerprint density at radius 1 is 1.23 bits per heavy atom. The molecule has 1 aliphatic rings. The Balaban J connectivity index is 1.77. The van der Waals surface area contributed by atoms with Gasteiger partial charge in [-0.15, -0.1) is 0 Å². The quantitative estimate of drug-likeness (QED) is 0.695. The zero-order chi connectivity index (χ0) is 15.4. The van der Waals surface area contributed by atoms with Crippen LogP contribution in [-0.4, -0.2) is 19.1 Å². The molecule has 0 radical (unpaired) electrons. The smallest absolute Gasteiger partial charge is 0.266 e. The Morgan fingerprint density at radius 2 is 2.05 bits per heavy atom. The van der Waals surface area contributed by atoms with Crippen molar-refractivity contribution < 1.29 is 18.7 Å². The van der Waals surface area contributed by atoms with Crippen LogP contribution in [0.1, 0.15) is 5.76 Å². The maximum absolute atomic E-state index is 12.1. The van der Waals surface area contributed by atoms with E-state index < -0.39 is 5.91 Å². The van der Waals surface area contributed by atoms with E-state index in [1.54, 1.807) is 30.3 Å². The molecule has 2 heterocycles. The van der Waals surface area contributed by atoms with Gasteiger partial charge in [0.1, 0.15) is 30.6 Å². The predicted molar refractivity (Wildman–Crippen MR) is 78.4 cm³/mol. The second kappa shape index (κ2) is 6.06. The van der Waals surface area contributed by atoms with Crippen molar-refractivity contribution in [2.24, 2.45) is 0 Å². The van der Waals surface area contributed by atoms with Crippen LogP contribution < -0.4 is 14.8 Å². The number of nitriles is 1. The lowest BCUT2D eigenvalue weighted by Gasteiger charge is -2.18. The molecule has 22 heavy (non-hydrogen) atoms. The lowest BCUT2D eigenvalue weighted by Crippen LogP contribution is -2.17. The Labute approximate surface area is 126 Å². The summed E-state index contributed by atoms with van der Waals surface area (Å²) in [5.41, 5.74) is 0.472. The monoisotopic (exact) mass is 296 g/mol. The van der Waals surface area contributed by atoms with E-state index in [0.29, 0.717) is 36.2 Å². The van der Waals surface area contributed by atoms with Crippen molar-refractivity contribution in [3.63, 3.8) is 0 Å². The van der Waals surface area contributed by atoms with Gasteiger partial charge in [-0.3, -0.25) is 4.79 Å². The first-order valence-corrected chi connectivity index (χ1v) is 6.62. The lowest BCUT2D eigenvalue weighted by molar-refractivity contribution is -0.112. The first-order valence-electron chi connectivity index (χ1n) is 6.62. The number of nitrogens with zero attached hydrogens (tertiary/aromatic N) is 1. The number of ether oxygens (including phenoxy) is 2. The molecule has 0 saturated heterocycles. The van der Waals surface area contributed by atoms with Gasteiger partial charge in [0.15, 0.2) is 11.5 Å². The Hall–Kier alpha value is -3.20. The number of carbonyl (C=O) groups excluding carboxylic acids is 1. The molecule has 0 fully saturated rings. The number of furan rings is 1. The van der Waals surface area contributed by atoms with Gasteiger partial charge in [0.05, 0.1) is 6.26 Å². The number of hydrogen-bond donors (Lipinski definition) is 1. The summed E-state index contributed by atoms with van der Waals surface area (Å²) in [4.78, 5) is 12.1. The second-order valence-corrected chi connectivity index (χ2v) is 4.50. The van der Waals surface area contributed by atoms with Crippen LogP contribution in [0.4, 0.5) is 5.69 Å². The molecule has 1 aliphatic heterocycles. The van der Waals surface area contributed by atoms with E-state index in [2.05, 4.69) is 5.32 Å². The molecule has 0 unspecified atom stereocenters. The van der Waals surface area contributed by atoms with Gasteiger partial charge in [0.25, 0.3) is 5.91 Å². The zero-order valence-corrected chi connectivity index (χ0v) is 11.5. The lowest BCUT2D eigenvalue weighted by atomic mass is 10.2. The van der Waals surface area contributed by atoms with Crippen LogP contribution in [0.3, 0.4) is 0 Å². The minimum absolute atomic E-state index is 0.0511. The van der Waals surface area contributed by atoms with Gasteiger partial charge < -0.3 is 19.2 Å². The van der Waals surface area contributed by atoms with E-state index in [-0.39, 0.29) is 5.57 Å². The van der Waals surface area contributed by atoms with Crippen LogP contribution in [0.25, 0.3) is 6.08 Å². The van der Waals surface area contributed by atoms with Gasteiger partial charge in [-0.2, -0.15) is 5.26 Å². The van der Waals surface area contributed by atoms with E-state index in [0.717, 1.165) is 0 Å². The number of anilines is 1. The number of benzene rings is 1. The number of fused-ring (bicyclic) bond motifs is 1. The molecule has 1 aromatic heterocycles. The molecule has 6 heteroatoms. The standard InChI is InChI=1S/C16H12N2O4/c17-10-11(8-13-2-1-5-20-13)16(19)18-12-3-4-14-15(9-12)22-7-6-21-14/h1-5,8-9H,6-7H2,(H,18,19)/b11-8-. The van der Waals surface area contributed by atoms with E-state index in [1.807, 2.05) is 6.07 Å². The summed E-state index contributed by atoms with van der Waals surface area (Å²) in [7, 11) is 0. The Morgan fingerprint density at radius 3 is 2.77 bits per heavy atom. The SMILES string of the molecule is N#C/C(=C/c1ccco1)C(=O)Nc1ccc2c(c1)OCCO2. The zero-order valence-electron chi connectivity index (χ0n) is 11.5. The normalized spacial score (nSPS) is 13.3. The molecule has 1 N–H and O–H groups in total. The Kier molecular flexibility index (Phi) is 3.79. The number of rotatable bonds is 3. The largest absolute Gasteiger partial charge is 0.486 e. The van der Waals surface area contributed by atoms with E-state index >= 15 is 0 Å². The average Bonchev–Trinajstić information content (AvgIpc) is 3.05. The summed E-state index contributed by atoms with van der Waals surface area (Å²) in [6, 6.07) is 10.3. The van der Waals surface area contributed by atoms with Crippen molar-refractivity contribution in [1.29, 1.82) is 5.26 Å². The second-order valence-electron chi connectivity index (χ2n) is 4.50. The van der Waals surface area contributed by atoms with Crippen molar-refractivity contribution in [3.8, 4) is 17.6 Å². The average molecular weight is 296 g/mol. The van der Waals surface area contributed by atoms with Crippen molar-refractivity contribution in [2.75, 3.05) is 18.5 Å². The summed E-state index contributed by atoms with van der Waals surface area (Å²) >= 11 is 0. The van der Waals surface area contributed by atoms with Crippen molar-refractivity contribution in [1.82, 2.24) is 0 Å². The highest BCUT2D eigenvalue weighted by atomic mass is 16.6. The number of nitrogens with one attached hydrogen (secondary N) is 1. The first-order chi connectivity index (χ1) is 10.8. The first kappa shape index (κ1) is 13.8. The van der Waals surface area contributed by atoms with Gasteiger partial charge in [-0.1, -0.05) is 0 Å². The summed E-state index contributed by atoms with van der Waals surface area (Å²) < 4.78 is 16.0. The van der Waals surface area contributed by atoms with Crippen LogP contribution in [0.5, 0.6) is 11.5 Å². The molecule has 2 aromatic rings. The molecule has 6 nitrogen and oxygen atoms in total. The third-order valence-corrected chi connectivity index (χ3v) is 2.99. The van der Waals surface area contributed by atoms with Gasteiger partial charge in [-0.25, -0.2) is 0 Å². The van der Waals surface area contributed by atoms with Gasteiger partial charge in [0.2, 0.25) is 0 Å². The molecule has 3 rings (SSSR count). The van der Waals surface area contributed by atoms with Crippen molar-refractivity contribution in [2.45, 2.75) is 0 Å². The summed E-state index contributed by atoms with van der Waals surface area (Å²) in [5, 5.41) is 11.7. The fourth-order valence-electron chi connectivity index (χ4n) is 1.98. The van der Waals surface area contributed by atoms with Crippen molar-refractivity contribution in [3.05, 3.63) is 47.9 Å². The third kappa shape index (κ3) is 2.94. The van der Waals surface area contributed by atoms with E-state index in [1.165, 1.54) is 12.3 Å². The predicted octanol–water partition coefficient (Wildman–Crippen LogP) is 2.60. The van der Waals surface area contributed by atoms with Crippen LogP contribution in [0, 0.1) is 11.3 Å². The van der Waals surface area contributed by atoms with E-state index in [9.17, 15) is 4.79 Å². The summed E-state index contributed by atoms with van der Waals surface area (Å²) in [5.74, 6) is 1.12. The van der Waals surface area contributed by atoms with Crippen LogP contribution in [0.2, 0.25) is 0 Å². The summed E-state index contributed by atoms with van der Waals surface area (Å²) in [6.07, 6.45) is 2.85. The molecular weight excluding hydrogens is 284 g/mol. The summed E-state index contributed by atoms with van der Waals surface area (Å²) in [6.45, 7) is 0.968. The molecule has 1 amide bonds. The minimum atomic E-state index is -0.518. The third-order valence-electron chi connectivity index (χ3n) is 2.99. The van der Waals surface area contributed by atoms with Crippen molar-refractivity contribution >= 4 is 17.7 Å². The highest BCUT2D eigenvalue weighted by Gasteiger charge is 2.14. The van der Waals surface area contributed by atoms with Crippen LogP contribution in [-0.2, 0) is 4.79 Å². The van der Waals surface area contributed by atoms with Gasteiger partial charge in [0, 0.05) is 17.8 Å². The number of hydrogen-bond acceptors (Lipinski definition) is 5.